The monoisotopic (exact) mass is 470 g/mol. The second-order valence-electron chi connectivity index (χ2n) is 8.94. The highest BCUT2D eigenvalue weighted by molar-refractivity contribution is 5.07. The summed E-state index contributed by atoms with van der Waals surface area (Å²) in [6, 6.07) is 0. The lowest BCUT2D eigenvalue weighted by Crippen LogP contribution is -2.10. The van der Waals surface area contributed by atoms with E-state index >= 15 is 0 Å². The van der Waals surface area contributed by atoms with Gasteiger partial charge in [-0.25, -0.2) is 0 Å². The molecular formula is C30H46O4. The quantitative estimate of drug-likeness (QED) is 0.163. The molecule has 4 N–H and O–H groups in total. The molecule has 4 atom stereocenters. The fraction of sp³-hybridized carbons (Fsp3) is 0.733. The summed E-state index contributed by atoms with van der Waals surface area (Å²) in [6.45, 7) is 0. The average molecular weight is 471 g/mol. The van der Waals surface area contributed by atoms with Crippen LogP contribution in [-0.2, 0) is 0 Å². The van der Waals surface area contributed by atoms with Gasteiger partial charge in [-0.2, -0.15) is 0 Å². The Balaban J connectivity index is 3.58. The summed E-state index contributed by atoms with van der Waals surface area (Å²) in [5, 5.41) is 38.5. The van der Waals surface area contributed by atoms with Crippen molar-refractivity contribution in [3.8, 4) is 48.4 Å². The molecule has 0 aliphatic carbocycles. The van der Waals surface area contributed by atoms with Crippen LogP contribution >= 0.6 is 0 Å². The first-order valence-electron chi connectivity index (χ1n) is 13.1. The van der Waals surface area contributed by atoms with Crippen molar-refractivity contribution in [1.82, 2.24) is 0 Å². The molecule has 0 aromatic heterocycles. The Morgan fingerprint density at radius 1 is 0.412 bits per heavy atom. The maximum atomic E-state index is 9.95. The number of hydrogen-bond donors (Lipinski definition) is 4. The van der Waals surface area contributed by atoms with E-state index in [1.165, 1.54) is 0 Å². The predicted molar refractivity (Wildman–Crippen MR) is 140 cm³/mol. The fourth-order valence-electron chi connectivity index (χ4n) is 3.52. The van der Waals surface area contributed by atoms with Crippen LogP contribution in [0.2, 0.25) is 0 Å². The van der Waals surface area contributed by atoms with Crippen LogP contribution in [0.5, 0.6) is 0 Å². The molecule has 0 aromatic carbocycles. The van der Waals surface area contributed by atoms with Crippen LogP contribution in [-0.4, -0.2) is 44.8 Å². The van der Waals surface area contributed by atoms with E-state index < -0.39 is 24.4 Å². The van der Waals surface area contributed by atoms with Crippen LogP contribution in [0.4, 0.5) is 0 Å². The first-order valence-corrected chi connectivity index (χ1v) is 13.1. The van der Waals surface area contributed by atoms with E-state index in [1.54, 1.807) is 0 Å². The molecule has 0 aliphatic rings. The van der Waals surface area contributed by atoms with Gasteiger partial charge < -0.3 is 20.4 Å². The van der Waals surface area contributed by atoms with Gasteiger partial charge in [0.25, 0.3) is 0 Å². The first kappa shape index (κ1) is 32.1. The van der Waals surface area contributed by atoms with Gasteiger partial charge in [-0.1, -0.05) is 75.0 Å². The Morgan fingerprint density at radius 3 is 1.09 bits per heavy atom. The molecule has 0 unspecified atom stereocenters. The lowest BCUT2D eigenvalue weighted by molar-refractivity contribution is 0.172. The van der Waals surface area contributed by atoms with Gasteiger partial charge in [0.1, 0.15) is 24.4 Å². The zero-order valence-corrected chi connectivity index (χ0v) is 21.0. The Morgan fingerprint density at radius 2 is 0.735 bits per heavy atom. The van der Waals surface area contributed by atoms with E-state index in [4.69, 9.17) is 12.8 Å². The van der Waals surface area contributed by atoms with Gasteiger partial charge in [0.2, 0.25) is 0 Å². The largest absolute Gasteiger partial charge is 0.380 e. The highest BCUT2D eigenvalue weighted by Gasteiger charge is 2.04. The lowest BCUT2D eigenvalue weighted by Gasteiger charge is -2.05. The third kappa shape index (κ3) is 23.2. The summed E-state index contributed by atoms with van der Waals surface area (Å²) >= 11 is 0. The van der Waals surface area contributed by atoms with Crippen LogP contribution in [0.1, 0.15) is 116 Å². The van der Waals surface area contributed by atoms with Gasteiger partial charge in [-0.05, 0) is 51.4 Å². The Hall–Kier alpha value is -1.92. The van der Waals surface area contributed by atoms with E-state index in [9.17, 15) is 20.4 Å². The summed E-state index contributed by atoms with van der Waals surface area (Å²) < 4.78 is 0. The number of terminal acetylenes is 2. The van der Waals surface area contributed by atoms with Crippen molar-refractivity contribution >= 4 is 0 Å². The van der Waals surface area contributed by atoms with Crippen molar-refractivity contribution in [3.05, 3.63) is 0 Å². The van der Waals surface area contributed by atoms with Crippen molar-refractivity contribution in [3.63, 3.8) is 0 Å². The van der Waals surface area contributed by atoms with Crippen LogP contribution < -0.4 is 0 Å². The predicted octanol–water partition coefficient (Wildman–Crippen LogP) is 4.73. The molecule has 0 saturated carbocycles. The molecule has 0 aromatic rings. The third-order valence-corrected chi connectivity index (χ3v) is 5.69. The van der Waals surface area contributed by atoms with Crippen LogP contribution in [0.15, 0.2) is 0 Å². The lowest BCUT2D eigenvalue weighted by atomic mass is 10.1. The van der Waals surface area contributed by atoms with E-state index in [-0.39, 0.29) is 0 Å². The van der Waals surface area contributed by atoms with Gasteiger partial charge in [0, 0.05) is 12.8 Å². The zero-order valence-electron chi connectivity index (χ0n) is 21.0. The highest BCUT2D eigenvalue weighted by atomic mass is 16.3. The first-order chi connectivity index (χ1) is 16.5. The second kappa shape index (κ2) is 24.2. The van der Waals surface area contributed by atoms with Crippen molar-refractivity contribution in [2.75, 3.05) is 0 Å². The molecule has 4 heteroatoms. The topological polar surface area (TPSA) is 80.9 Å². The van der Waals surface area contributed by atoms with Gasteiger partial charge in [-0.3, -0.25) is 0 Å². The minimum Gasteiger partial charge on any atom is -0.380 e. The molecule has 0 radical (unpaired) electrons. The van der Waals surface area contributed by atoms with Crippen molar-refractivity contribution < 1.29 is 20.4 Å². The zero-order chi connectivity index (χ0) is 25.3. The van der Waals surface area contributed by atoms with E-state index in [1.807, 2.05) is 0 Å². The minimum atomic E-state index is -0.708. The Kier molecular flexibility index (Phi) is 22.8. The molecule has 0 saturated heterocycles. The Labute approximate surface area is 208 Å². The number of aliphatic hydroxyl groups excluding tert-OH is 4. The second-order valence-corrected chi connectivity index (χ2v) is 8.94. The normalized spacial score (nSPS) is 13.8. The van der Waals surface area contributed by atoms with Gasteiger partial charge in [0.15, 0.2) is 0 Å². The molecule has 0 heterocycles. The molecule has 0 bridgehead atoms. The molecular weight excluding hydrogens is 424 g/mol. The van der Waals surface area contributed by atoms with E-state index in [0.717, 1.165) is 89.9 Å². The smallest absolute Gasteiger partial charge is 0.114 e. The summed E-state index contributed by atoms with van der Waals surface area (Å²) in [7, 11) is 0. The number of unbranched alkanes of at least 4 members (excludes halogenated alkanes) is 12. The van der Waals surface area contributed by atoms with Crippen molar-refractivity contribution in [1.29, 1.82) is 0 Å². The molecule has 0 fully saturated rings. The molecule has 34 heavy (non-hydrogen) atoms. The fourth-order valence-corrected chi connectivity index (χ4v) is 3.52. The summed E-state index contributed by atoms with van der Waals surface area (Å²) in [6.07, 6.45) is 24.4. The Bertz CT molecular complexity index is 619. The van der Waals surface area contributed by atoms with Gasteiger partial charge >= 0.3 is 0 Å². The number of aliphatic hydroxyl groups is 4. The molecule has 190 valence electrons. The summed E-state index contributed by atoms with van der Waals surface area (Å²) in [5.74, 6) is 16.4. The molecule has 0 aliphatic heterocycles. The van der Waals surface area contributed by atoms with Crippen LogP contribution in [0.25, 0.3) is 0 Å². The van der Waals surface area contributed by atoms with E-state index in [2.05, 4.69) is 35.5 Å². The number of hydrogen-bond acceptors (Lipinski definition) is 4. The van der Waals surface area contributed by atoms with E-state index in [0.29, 0.717) is 25.7 Å². The summed E-state index contributed by atoms with van der Waals surface area (Å²) in [5.41, 5.74) is 0. The molecule has 0 rings (SSSR count). The van der Waals surface area contributed by atoms with Gasteiger partial charge in [0.05, 0.1) is 0 Å². The van der Waals surface area contributed by atoms with Crippen molar-refractivity contribution in [2.24, 2.45) is 0 Å². The van der Waals surface area contributed by atoms with Crippen LogP contribution in [0, 0.1) is 48.4 Å². The summed E-state index contributed by atoms with van der Waals surface area (Å²) in [4.78, 5) is 0. The molecule has 0 spiro atoms. The van der Waals surface area contributed by atoms with Crippen LogP contribution in [0.3, 0.4) is 0 Å². The molecule has 0 amide bonds. The third-order valence-electron chi connectivity index (χ3n) is 5.69. The standard InChI is InChI=1S/C30H46O4/c1-3-27(31)21-17-13-9-5-7-11-15-19-23-29(33)25-26-30(34)24-20-16-12-8-6-10-14-18-22-28(32)4-2/h1-2,27-34H,5-18,21-22,25-26H2/t27-,28-,29-,30-/m1/s1. The molecule has 4 nitrogen and oxygen atoms in total. The minimum absolute atomic E-state index is 0.431. The highest BCUT2D eigenvalue weighted by Crippen LogP contribution is 2.11. The number of rotatable bonds is 19. The van der Waals surface area contributed by atoms with Gasteiger partial charge in [-0.15, -0.1) is 24.7 Å². The maximum Gasteiger partial charge on any atom is 0.114 e. The van der Waals surface area contributed by atoms with Crippen molar-refractivity contribution in [2.45, 2.75) is 140 Å². The SMILES string of the molecule is C#C[C@@H](O)CCCCCCCCC#C[C@@H](O)CC[C@H](O)C#CCCCCCCCC[C@H](O)C#C. The average Bonchev–Trinajstić information content (AvgIpc) is 2.84. The maximum absolute atomic E-state index is 9.95.